The molecule has 0 aromatic carbocycles. The molecule has 1 aromatic rings. The summed E-state index contributed by atoms with van der Waals surface area (Å²) in [5, 5.41) is 3.42. The fourth-order valence-electron chi connectivity index (χ4n) is 2.63. The van der Waals surface area contributed by atoms with Crippen LogP contribution in [0.15, 0.2) is 18.5 Å². The third-order valence-corrected chi connectivity index (χ3v) is 3.97. The molecule has 112 valence electrons. The molecule has 0 radical (unpaired) electrons. The van der Waals surface area contributed by atoms with Crippen LogP contribution in [0.5, 0.6) is 5.75 Å². The highest BCUT2D eigenvalue weighted by molar-refractivity contribution is 5.29. The van der Waals surface area contributed by atoms with Crippen molar-refractivity contribution in [1.29, 1.82) is 0 Å². The number of ether oxygens (including phenoxy) is 1. The Morgan fingerprint density at radius 1 is 1.45 bits per heavy atom. The van der Waals surface area contributed by atoms with Gasteiger partial charge in [-0.2, -0.15) is 0 Å². The van der Waals surface area contributed by atoms with Crippen molar-refractivity contribution >= 4 is 0 Å². The lowest BCUT2D eigenvalue weighted by Gasteiger charge is -2.32. The largest absolute Gasteiger partial charge is 0.490 e. The Hall–Kier alpha value is -1.13. The lowest BCUT2D eigenvalue weighted by atomic mass is 10.0. The summed E-state index contributed by atoms with van der Waals surface area (Å²) in [5.74, 6) is 0.926. The minimum atomic E-state index is 0.542. The molecule has 0 amide bonds. The number of piperidine rings is 1. The third-order valence-electron chi connectivity index (χ3n) is 3.97. The summed E-state index contributed by atoms with van der Waals surface area (Å²) in [6, 6.07) is 2.59. The third kappa shape index (κ3) is 4.46. The van der Waals surface area contributed by atoms with E-state index in [1.54, 1.807) is 0 Å². The van der Waals surface area contributed by atoms with E-state index in [1.807, 2.05) is 18.5 Å². The van der Waals surface area contributed by atoms with Crippen molar-refractivity contribution < 1.29 is 4.74 Å². The highest BCUT2D eigenvalue weighted by Gasteiger charge is 2.19. The molecule has 1 unspecified atom stereocenters. The first-order valence-electron chi connectivity index (χ1n) is 7.78. The predicted molar refractivity (Wildman–Crippen MR) is 82.0 cm³/mol. The molecule has 0 spiro atoms. The molecular formula is C16H27N3O. The average Bonchev–Trinajstić information content (AvgIpc) is 2.48. The molecule has 1 fully saturated rings. The molecule has 0 saturated carbocycles. The van der Waals surface area contributed by atoms with E-state index >= 15 is 0 Å². The SMILES string of the molecule is CCCNCc1ccncc1OCC1CCCCN1C. The molecule has 1 N–H and O–H groups in total. The van der Waals surface area contributed by atoms with Gasteiger partial charge in [-0.1, -0.05) is 13.3 Å². The highest BCUT2D eigenvalue weighted by atomic mass is 16.5. The first-order valence-corrected chi connectivity index (χ1v) is 7.78. The Bertz CT molecular complexity index is 397. The summed E-state index contributed by atoms with van der Waals surface area (Å²) in [7, 11) is 2.19. The fourth-order valence-corrected chi connectivity index (χ4v) is 2.63. The van der Waals surface area contributed by atoms with Gasteiger partial charge in [0, 0.05) is 24.3 Å². The Balaban J connectivity index is 1.88. The average molecular weight is 277 g/mol. The number of nitrogens with one attached hydrogen (secondary N) is 1. The van der Waals surface area contributed by atoms with E-state index in [2.05, 4.69) is 29.2 Å². The minimum Gasteiger partial charge on any atom is -0.490 e. The van der Waals surface area contributed by atoms with E-state index in [0.717, 1.165) is 31.9 Å². The number of aromatic nitrogens is 1. The highest BCUT2D eigenvalue weighted by Crippen LogP contribution is 2.20. The molecule has 0 aliphatic carbocycles. The van der Waals surface area contributed by atoms with E-state index in [-0.39, 0.29) is 0 Å². The number of likely N-dealkylation sites (tertiary alicyclic amines) is 1. The van der Waals surface area contributed by atoms with Crippen molar-refractivity contribution in [3.63, 3.8) is 0 Å². The van der Waals surface area contributed by atoms with E-state index in [9.17, 15) is 0 Å². The zero-order chi connectivity index (χ0) is 14.2. The Morgan fingerprint density at radius 3 is 3.15 bits per heavy atom. The van der Waals surface area contributed by atoms with Crippen LogP contribution in [0, 0.1) is 0 Å². The van der Waals surface area contributed by atoms with Crippen LogP contribution in [-0.2, 0) is 6.54 Å². The van der Waals surface area contributed by atoms with Crippen LogP contribution < -0.4 is 10.1 Å². The minimum absolute atomic E-state index is 0.542. The fraction of sp³-hybridized carbons (Fsp3) is 0.688. The Labute approximate surface area is 122 Å². The maximum atomic E-state index is 6.03. The molecule has 2 heterocycles. The first kappa shape index (κ1) is 15.3. The van der Waals surface area contributed by atoms with Gasteiger partial charge in [0.05, 0.1) is 6.20 Å². The zero-order valence-corrected chi connectivity index (χ0v) is 12.8. The van der Waals surface area contributed by atoms with Gasteiger partial charge in [-0.15, -0.1) is 0 Å². The topological polar surface area (TPSA) is 37.4 Å². The van der Waals surface area contributed by atoms with Gasteiger partial charge in [0.2, 0.25) is 0 Å². The molecular weight excluding hydrogens is 250 g/mol. The molecule has 2 rings (SSSR count). The van der Waals surface area contributed by atoms with Gasteiger partial charge in [0.25, 0.3) is 0 Å². The van der Waals surface area contributed by atoms with Crippen LogP contribution in [0.4, 0.5) is 0 Å². The molecule has 1 aromatic heterocycles. The second kappa shape index (κ2) is 8.22. The first-order chi connectivity index (χ1) is 9.81. The molecule has 1 atom stereocenters. The monoisotopic (exact) mass is 277 g/mol. The molecule has 1 aliphatic rings. The second-order valence-electron chi connectivity index (χ2n) is 5.60. The van der Waals surface area contributed by atoms with Crippen LogP contribution in [0.25, 0.3) is 0 Å². The lowest BCUT2D eigenvalue weighted by molar-refractivity contribution is 0.124. The second-order valence-corrected chi connectivity index (χ2v) is 5.60. The van der Waals surface area contributed by atoms with E-state index in [0.29, 0.717) is 6.04 Å². The van der Waals surface area contributed by atoms with Gasteiger partial charge in [0.15, 0.2) is 0 Å². The van der Waals surface area contributed by atoms with Crippen molar-refractivity contribution in [3.8, 4) is 5.75 Å². The number of rotatable bonds is 7. The number of hydrogen-bond acceptors (Lipinski definition) is 4. The lowest BCUT2D eigenvalue weighted by Crippen LogP contribution is -2.40. The maximum absolute atomic E-state index is 6.03. The van der Waals surface area contributed by atoms with Gasteiger partial charge < -0.3 is 15.0 Å². The summed E-state index contributed by atoms with van der Waals surface area (Å²) >= 11 is 0. The molecule has 4 heteroatoms. The van der Waals surface area contributed by atoms with E-state index in [1.165, 1.54) is 31.4 Å². The summed E-state index contributed by atoms with van der Waals surface area (Å²) in [6.45, 7) is 6.02. The Kier molecular flexibility index (Phi) is 6.27. The van der Waals surface area contributed by atoms with Gasteiger partial charge in [-0.3, -0.25) is 4.98 Å². The van der Waals surface area contributed by atoms with Gasteiger partial charge in [-0.05, 0) is 45.5 Å². The van der Waals surface area contributed by atoms with Crippen molar-refractivity contribution in [2.45, 2.75) is 45.2 Å². The van der Waals surface area contributed by atoms with Crippen molar-refractivity contribution in [2.75, 3.05) is 26.7 Å². The van der Waals surface area contributed by atoms with Gasteiger partial charge in [-0.25, -0.2) is 0 Å². The van der Waals surface area contributed by atoms with Crippen molar-refractivity contribution in [2.24, 2.45) is 0 Å². The molecule has 0 bridgehead atoms. The van der Waals surface area contributed by atoms with Crippen LogP contribution in [0.1, 0.15) is 38.2 Å². The van der Waals surface area contributed by atoms with Crippen LogP contribution in [-0.4, -0.2) is 42.7 Å². The van der Waals surface area contributed by atoms with Crippen LogP contribution >= 0.6 is 0 Å². The summed E-state index contributed by atoms with van der Waals surface area (Å²) in [5.41, 5.74) is 1.20. The summed E-state index contributed by atoms with van der Waals surface area (Å²) in [4.78, 5) is 6.60. The maximum Gasteiger partial charge on any atom is 0.142 e. The van der Waals surface area contributed by atoms with E-state index < -0.39 is 0 Å². The molecule has 4 nitrogen and oxygen atoms in total. The van der Waals surface area contributed by atoms with Crippen LogP contribution in [0.2, 0.25) is 0 Å². The smallest absolute Gasteiger partial charge is 0.142 e. The molecule has 1 saturated heterocycles. The molecule has 1 aliphatic heterocycles. The summed E-state index contributed by atoms with van der Waals surface area (Å²) < 4.78 is 6.03. The van der Waals surface area contributed by atoms with Crippen LogP contribution in [0.3, 0.4) is 0 Å². The number of pyridine rings is 1. The number of hydrogen-bond donors (Lipinski definition) is 1. The molecule has 20 heavy (non-hydrogen) atoms. The normalized spacial score (nSPS) is 20.0. The standard InChI is InChI=1S/C16H27N3O/c1-3-8-17-11-14-7-9-18-12-16(14)20-13-15-6-4-5-10-19(15)2/h7,9,12,15,17H,3-6,8,10-11,13H2,1-2H3. The summed E-state index contributed by atoms with van der Waals surface area (Å²) in [6.07, 6.45) is 8.69. The quantitative estimate of drug-likeness (QED) is 0.777. The van der Waals surface area contributed by atoms with Crippen molar-refractivity contribution in [3.05, 3.63) is 24.0 Å². The van der Waals surface area contributed by atoms with E-state index in [4.69, 9.17) is 4.74 Å². The number of likely N-dealkylation sites (N-methyl/N-ethyl adjacent to an activating group) is 1. The van der Waals surface area contributed by atoms with Gasteiger partial charge in [0.1, 0.15) is 12.4 Å². The van der Waals surface area contributed by atoms with Crippen molar-refractivity contribution in [1.82, 2.24) is 15.2 Å². The van der Waals surface area contributed by atoms with Gasteiger partial charge >= 0.3 is 0 Å². The Morgan fingerprint density at radius 2 is 2.35 bits per heavy atom. The zero-order valence-electron chi connectivity index (χ0n) is 12.8. The number of nitrogens with zero attached hydrogens (tertiary/aromatic N) is 2. The predicted octanol–water partition coefficient (Wildman–Crippen LogP) is 2.44.